The van der Waals surface area contributed by atoms with Crippen LogP contribution in [0, 0.1) is 10.1 Å². The topological polar surface area (TPSA) is 105 Å². The number of hydrogen-bond donors (Lipinski definition) is 1. The van der Waals surface area contributed by atoms with E-state index in [1.54, 1.807) is 4.90 Å². The van der Waals surface area contributed by atoms with Crippen LogP contribution < -0.4 is 4.74 Å². The van der Waals surface area contributed by atoms with Gasteiger partial charge in [0.1, 0.15) is 18.1 Å². The van der Waals surface area contributed by atoms with Crippen molar-refractivity contribution in [1.82, 2.24) is 19.8 Å². The molecule has 0 spiro atoms. The predicted molar refractivity (Wildman–Crippen MR) is 99.9 cm³/mol. The van der Waals surface area contributed by atoms with Crippen LogP contribution in [0.2, 0.25) is 0 Å². The second-order valence-electron chi connectivity index (χ2n) is 6.78. The molecular weight excluding hydrogens is 407 g/mol. The van der Waals surface area contributed by atoms with E-state index in [9.17, 15) is 28.1 Å². The molecule has 1 amide bonds. The first-order valence-corrected chi connectivity index (χ1v) is 9.17. The van der Waals surface area contributed by atoms with Crippen molar-refractivity contribution in [3.05, 3.63) is 40.2 Å². The first-order valence-electron chi connectivity index (χ1n) is 9.17. The minimum atomic E-state index is -4.59. The van der Waals surface area contributed by atoms with Gasteiger partial charge >= 0.3 is 11.9 Å². The molecule has 1 fully saturated rings. The molecule has 9 nitrogen and oxygen atoms in total. The summed E-state index contributed by atoms with van der Waals surface area (Å²) in [5.74, 6) is -0.0745. The van der Waals surface area contributed by atoms with Gasteiger partial charge in [0, 0.05) is 51.3 Å². The van der Waals surface area contributed by atoms with E-state index in [0.717, 1.165) is 6.07 Å². The molecule has 30 heavy (non-hydrogen) atoms. The van der Waals surface area contributed by atoms with Crippen molar-refractivity contribution in [2.24, 2.45) is 0 Å². The van der Waals surface area contributed by atoms with E-state index in [4.69, 9.17) is 4.74 Å². The summed E-state index contributed by atoms with van der Waals surface area (Å²) >= 11 is 0. The highest BCUT2D eigenvalue weighted by Gasteiger charge is 2.33. The molecule has 1 aliphatic heterocycles. The SMILES string of the molecule is CC(=O)N1CCN(CCOc2ccc(-c3ncc(C(F)(F)F)[nH]3)cc2[N+](=O)[O-])CC1. The monoisotopic (exact) mass is 427 g/mol. The van der Waals surface area contributed by atoms with Crippen molar-refractivity contribution >= 4 is 11.6 Å². The number of piperazine rings is 1. The molecule has 0 atom stereocenters. The van der Waals surface area contributed by atoms with Crippen LogP contribution in [0.1, 0.15) is 12.6 Å². The average molecular weight is 427 g/mol. The van der Waals surface area contributed by atoms with E-state index >= 15 is 0 Å². The van der Waals surface area contributed by atoms with Crippen LogP contribution in [0.4, 0.5) is 18.9 Å². The summed E-state index contributed by atoms with van der Waals surface area (Å²) in [7, 11) is 0. The van der Waals surface area contributed by atoms with Gasteiger partial charge in [-0.1, -0.05) is 0 Å². The van der Waals surface area contributed by atoms with Crippen molar-refractivity contribution in [3.63, 3.8) is 0 Å². The van der Waals surface area contributed by atoms with Crippen LogP contribution in [0.3, 0.4) is 0 Å². The fourth-order valence-corrected chi connectivity index (χ4v) is 3.11. The maximum absolute atomic E-state index is 12.7. The number of halogens is 3. The molecule has 0 radical (unpaired) electrons. The van der Waals surface area contributed by atoms with Gasteiger partial charge in [0.2, 0.25) is 5.91 Å². The number of aromatic amines is 1. The number of carbonyl (C=O) groups excluding carboxylic acids is 1. The number of amides is 1. The van der Waals surface area contributed by atoms with Crippen molar-refractivity contribution in [2.75, 3.05) is 39.3 Å². The molecule has 2 heterocycles. The van der Waals surface area contributed by atoms with E-state index in [-0.39, 0.29) is 35.3 Å². The Morgan fingerprint density at radius 3 is 2.57 bits per heavy atom. The highest BCUT2D eigenvalue weighted by Crippen LogP contribution is 2.33. The number of H-pyrrole nitrogens is 1. The van der Waals surface area contributed by atoms with Gasteiger partial charge in [0.05, 0.1) is 11.1 Å². The van der Waals surface area contributed by atoms with Gasteiger partial charge in [-0.15, -0.1) is 0 Å². The Morgan fingerprint density at radius 2 is 2.00 bits per heavy atom. The molecule has 3 rings (SSSR count). The van der Waals surface area contributed by atoms with Gasteiger partial charge in [-0.2, -0.15) is 13.2 Å². The Balaban J connectivity index is 1.64. The summed E-state index contributed by atoms with van der Waals surface area (Å²) < 4.78 is 43.7. The summed E-state index contributed by atoms with van der Waals surface area (Å²) in [6.07, 6.45) is -3.95. The Bertz CT molecular complexity index is 923. The number of imidazole rings is 1. The zero-order valence-electron chi connectivity index (χ0n) is 16.1. The first kappa shape index (κ1) is 21.6. The number of ether oxygens (including phenoxy) is 1. The third kappa shape index (κ3) is 5.06. The Kier molecular flexibility index (Phi) is 6.25. The lowest BCUT2D eigenvalue weighted by Gasteiger charge is -2.33. The third-order valence-corrected chi connectivity index (χ3v) is 4.79. The van der Waals surface area contributed by atoms with Crippen LogP contribution in [0.5, 0.6) is 5.75 Å². The largest absolute Gasteiger partial charge is 0.485 e. The predicted octanol–water partition coefficient (Wildman–Crippen LogP) is 2.55. The zero-order chi connectivity index (χ0) is 21.9. The number of aromatic nitrogens is 2. The average Bonchev–Trinajstić information content (AvgIpc) is 3.19. The number of benzene rings is 1. The molecule has 1 aromatic heterocycles. The maximum atomic E-state index is 12.7. The van der Waals surface area contributed by atoms with E-state index < -0.39 is 16.8 Å². The second-order valence-corrected chi connectivity index (χ2v) is 6.78. The molecule has 0 aliphatic carbocycles. The lowest BCUT2D eigenvalue weighted by atomic mass is 10.2. The number of nitrogens with zero attached hydrogens (tertiary/aromatic N) is 4. The van der Waals surface area contributed by atoms with Crippen LogP contribution in [-0.4, -0.2) is 69.9 Å². The standard InChI is InChI=1S/C18H20F3N5O4/c1-12(27)25-6-4-24(5-7-25)8-9-30-15-3-2-13(10-14(15)26(28)29)17-22-11-16(23-17)18(19,20)21/h2-3,10-11H,4-9H2,1H3,(H,22,23). The van der Waals surface area contributed by atoms with Crippen molar-refractivity contribution in [1.29, 1.82) is 0 Å². The number of carbonyl (C=O) groups is 1. The Morgan fingerprint density at radius 1 is 1.30 bits per heavy atom. The molecule has 2 aromatic rings. The Hall–Kier alpha value is -3.15. The quantitative estimate of drug-likeness (QED) is 0.561. The van der Waals surface area contributed by atoms with Gasteiger partial charge in [-0.3, -0.25) is 19.8 Å². The first-order chi connectivity index (χ1) is 14.1. The van der Waals surface area contributed by atoms with Crippen LogP contribution >= 0.6 is 0 Å². The molecule has 1 aliphatic rings. The number of rotatable bonds is 6. The number of nitrogens with one attached hydrogen (secondary N) is 1. The highest BCUT2D eigenvalue weighted by atomic mass is 19.4. The summed E-state index contributed by atoms with van der Waals surface area (Å²) in [5, 5.41) is 11.4. The van der Waals surface area contributed by atoms with Gasteiger partial charge in [0.25, 0.3) is 0 Å². The van der Waals surface area contributed by atoms with Gasteiger partial charge < -0.3 is 14.6 Å². The molecule has 0 bridgehead atoms. The lowest BCUT2D eigenvalue weighted by molar-refractivity contribution is -0.385. The number of nitro groups is 1. The van der Waals surface area contributed by atoms with Gasteiger partial charge in [-0.05, 0) is 12.1 Å². The molecular formula is C18H20F3N5O4. The fraction of sp³-hybridized carbons (Fsp3) is 0.444. The number of alkyl halides is 3. The normalized spacial score (nSPS) is 15.3. The van der Waals surface area contributed by atoms with Gasteiger partial charge in [-0.25, -0.2) is 4.98 Å². The minimum Gasteiger partial charge on any atom is -0.485 e. The fourth-order valence-electron chi connectivity index (χ4n) is 3.11. The van der Waals surface area contributed by atoms with Crippen molar-refractivity contribution in [3.8, 4) is 17.1 Å². The van der Waals surface area contributed by atoms with E-state index in [2.05, 4.69) is 14.9 Å². The molecule has 162 valence electrons. The molecule has 1 aromatic carbocycles. The van der Waals surface area contributed by atoms with Crippen LogP contribution in [0.25, 0.3) is 11.4 Å². The summed E-state index contributed by atoms with van der Waals surface area (Å²) in [4.78, 5) is 31.7. The van der Waals surface area contributed by atoms with Crippen LogP contribution in [0.15, 0.2) is 24.4 Å². The number of nitro benzene ring substituents is 1. The van der Waals surface area contributed by atoms with E-state index in [0.29, 0.717) is 38.9 Å². The summed E-state index contributed by atoms with van der Waals surface area (Å²) in [5.41, 5.74) is -1.26. The lowest BCUT2D eigenvalue weighted by Crippen LogP contribution is -2.48. The number of hydrogen-bond acceptors (Lipinski definition) is 6. The van der Waals surface area contributed by atoms with E-state index in [1.807, 2.05) is 0 Å². The third-order valence-electron chi connectivity index (χ3n) is 4.79. The smallest absolute Gasteiger partial charge is 0.432 e. The van der Waals surface area contributed by atoms with Gasteiger partial charge in [0.15, 0.2) is 5.75 Å². The van der Waals surface area contributed by atoms with Crippen LogP contribution in [-0.2, 0) is 11.0 Å². The minimum absolute atomic E-state index is 0.0220. The summed E-state index contributed by atoms with van der Waals surface area (Å²) in [6, 6.07) is 3.88. The molecule has 12 heteroatoms. The molecule has 0 saturated carbocycles. The van der Waals surface area contributed by atoms with E-state index in [1.165, 1.54) is 19.1 Å². The van der Waals surface area contributed by atoms with Crippen molar-refractivity contribution in [2.45, 2.75) is 13.1 Å². The Labute approximate surface area is 169 Å². The molecule has 1 saturated heterocycles. The van der Waals surface area contributed by atoms with Crippen molar-refractivity contribution < 1.29 is 27.6 Å². The maximum Gasteiger partial charge on any atom is 0.432 e. The summed E-state index contributed by atoms with van der Waals surface area (Å²) in [6.45, 7) is 4.85. The molecule has 1 N–H and O–H groups in total. The second kappa shape index (κ2) is 8.69. The zero-order valence-corrected chi connectivity index (χ0v) is 16.1. The molecule has 0 unspecified atom stereocenters. The highest BCUT2D eigenvalue weighted by molar-refractivity contribution is 5.73.